The van der Waals surface area contributed by atoms with Gasteiger partial charge >= 0.3 is 5.69 Å². The fraction of sp³-hybridized carbons (Fsp3) is 0.174. The molecule has 1 unspecified atom stereocenters. The van der Waals surface area contributed by atoms with Crippen LogP contribution in [-0.4, -0.2) is 43.8 Å². The van der Waals surface area contributed by atoms with Crippen molar-refractivity contribution in [3.8, 4) is 5.88 Å². The lowest BCUT2D eigenvalue weighted by molar-refractivity contribution is -0.134. The number of anilines is 1. The van der Waals surface area contributed by atoms with Crippen LogP contribution in [0.3, 0.4) is 0 Å². The van der Waals surface area contributed by atoms with Gasteiger partial charge in [0.05, 0.1) is 7.11 Å². The number of carbonyl (C=O) groups is 1. The largest absolute Gasteiger partial charge is 0.481 e. The van der Waals surface area contributed by atoms with Crippen LogP contribution in [0.2, 0.25) is 0 Å². The molecule has 0 saturated heterocycles. The standard InChI is InChI=1S/C21H25N9O2.C2H4O2/c1-12-10-14(11-17(26-12)32-2)18(27-15-7-5-13(6-8-15)19(24)25)20-28-21(31)30(29-20)16(23)4-3-9-22;1-2(3)4/h3-11,18,27H,22-23H2,1-2H3,(H3,24,25)(H,28,29,31);1H3,(H,3,4)/b9-3-,16-4+;. The fourth-order valence-electron chi connectivity index (χ4n) is 3.03. The van der Waals surface area contributed by atoms with Gasteiger partial charge in [0, 0.05) is 29.9 Å². The van der Waals surface area contributed by atoms with Gasteiger partial charge in [-0.1, -0.05) is 0 Å². The maximum Gasteiger partial charge on any atom is 0.349 e. The van der Waals surface area contributed by atoms with Crippen molar-refractivity contribution in [2.24, 2.45) is 17.2 Å². The molecule has 2 aromatic heterocycles. The predicted octanol–water partition coefficient (Wildman–Crippen LogP) is 1.09. The Morgan fingerprint density at radius 3 is 2.47 bits per heavy atom. The van der Waals surface area contributed by atoms with Crippen molar-refractivity contribution >= 4 is 23.3 Å². The molecule has 0 fully saturated rings. The van der Waals surface area contributed by atoms with Crippen LogP contribution in [0.5, 0.6) is 5.88 Å². The molecule has 0 aliphatic rings. The number of ether oxygens (including phenoxy) is 1. The number of aliphatic carboxylic acids is 1. The Labute approximate surface area is 206 Å². The third kappa shape index (κ3) is 7.48. The number of H-pyrrole nitrogens is 1. The zero-order chi connectivity index (χ0) is 26.8. The highest BCUT2D eigenvalue weighted by atomic mass is 16.5. The number of hydrogen-bond acceptors (Lipinski definition) is 9. The maximum absolute atomic E-state index is 12.5. The van der Waals surface area contributed by atoms with Crippen LogP contribution >= 0.6 is 0 Å². The summed E-state index contributed by atoms with van der Waals surface area (Å²) in [6, 6.07) is 10.1. The number of aryl methyl sites for hydroxylation is 1. The number of aromatic amines is 1. The number of methoxy groups -OCH3 is 1. The van der Waals surface area contributed by atoms with Gasteiger partial charge < -0.3 is 32.4 Å². The van der Waals surface area contributed by atoms with Gasteiger partial charge in [-0.15, -0.1) is 5.10 Å². The molecule has 3 rings (SSSR count). The van der Waals surface area contributed by atoms with Gasteiger partial charge in [0.25, 0.3) is 5.97 Å². The number of amidine groups is 1. The number of carboxylic acids is 1. The minimum Gasteiger partial charge on any atom is -0.481 e. The average Bonchev–Trinajstić information content (AvgIpc) is 3.21. The molecule has 0 aliphatic carbocycles. The van der Waals surface area contributed by atoms with Crippen LogP contribution in [0.1, 0.15) is 35.6 Å². The molecule has 13 heteroatoms. The van der Waals surface area contributed by atoms with Crippen LogP contribution in [-0.2, 0) is 4.79 Å². The molecule has 10 N–H and O–H groups in total. The first-order chi connectivity index (χ1) is 17.0. The van der Waals surface area contributed by atoms with E-state index in [1.54, 1.807) is 30.3 Å². The Kier molecular flexibility index (Phi) is 9.37. The molecule has 0 amide bonds. The zero-order valence-corrected chi connectivity index (χ0v) is 20.0. The molecule has 0 radical (unpaired) electrons. The summed E-state index contributed by atoms with van der Waals surface area (Å²) in [5.74, 6) is -0.00825. The smallest absolute Gasteiger partial charge is 0.349 e. The monoisotopic (exact) mass is 495 g/mol. The van der Waals surface area contributed by atoms with Gasteiger partial charge in [0.15, 0.2) is 5.82 Å². The van der Waals surface area contributed by atoms with Crippen LogP contribution in [0.15, 0.2) is 59.5 Å². The molecular formula is C23H29N9O4. The molecule has 1 aromatic carbocycles. The summed E-state index contributed by atoms with van der Waals surface area (Å²) in [7, 11) is 1.53. The van der Waals surface area contributed by atoms with Gasteiger partial charge in [-0.3, -0.25) is 15.2 Å². The molecule has 3 aromatic rings. The maximum atomic E-state index is 12.5. The SMILES string of the molecule is CC(=O)O.COc1cc(C(Nc2ccc(C(=N)N)cc2)c2nn(/C(N)=C/C=C\N)c(=O)[nH]2)cc(C)n1. The second-order valence-electron chi connectivity index (χ2n) is 7.38. The van der Waals surface area contributed by atoms with Crippen molar-refractivity contribution in [3.05, 3.63) is 87.9 Å². The minimum atomic E-state index is -0.833. The summed E-state index contributed by atoms with van der Waals surface area (Å²) < 4.78 is 6.35. The number of aromatic nitrogens is 4. The first kappa shape index (κ1) is 27.2. The number of allylic oxidation sites excluding steroid dienone is 2. The number of nitrogens with two attached hydrogens (primary N) is 3. The van der Waals surface area contributed by atoms with Crippen LogP contribution in [0.4, 0.5) is 5.69 Å². The van der Waals surface area contributed by atoms with Crippen LogP contribution in [0.25, 0.3) is 5.82 Å². The summed E-state index contributed by atoms with van der Waals surface area (Å²) in [5.41, 5.74) is 19.1. The normalized spacial score (nSPS) is 11.9. The van der Waals surface area contributed by atoms with Crippen molar-refractivity contribution in [2.45, 2.75) is 19.9 Å². The first-order valence-electron chi connectivity index (χ1n) is 10.5. The van der Waals surface area contributed by atoms with Crippen LogP contribution in [0, 0.1) is 12.3 Å². The first-order valence-corrected chi connectivity index (χ1v) is 10.5. The van der Waals surface area contributed by atoms with Crippen molar-refractivity contribution in [1.82, 2.24) is 19.7 Å². The number of nitrogens with one attached hydrogen (secondary N) is 3. The molecule has 13 nitrogen and oxygen atoms in total. The zero-order valence-electron chi connectivity index (χ0n) is 20.0. The number of nitrogens with zero attached hydrogens (tertiary/aromatic N) is 3. The molecule has 0 bridgehead atoms. The highest BCUT2D eigenvalue weighted by molar-refractivity contribution is 5.95. The summed E-state index contributed by atoms with van der Waals surface area (Å²) in [6.07, 6.45) is 4.26. The third-order valence-corrected chi connectivity index (χ3v) is 4.53. The van der Waals surface area contributed by atoms with E-state index in [1.807, 2.05) is 13.0 Å². The van der Waals surface area contributed by atoms with Gasteiger partial charge in [-0.25, -0.2) is 9.78 Å². The Morgan fingerprint density at radius 1 is 1.28 bits per heavy atom. The summed E-state index contributed by atoms with van der Waals surface area (Å²) in [5, 5.41) is 22.7. The fourth-order valence-corrected chi connectivity index (χ4v) is 3.03. The van der Waals surface area contributed by atoms with E-state index in [9.17, 15) is 4.79 Å². The van der Waals surface area contributed by atoms with Crippen molar-refractivity contribution in [2.75, 3.05) is 12.4 Å². The minimum absolute atomic E-state index is 0.0283. The number of benzene rings is 1. The molecule has 190 valence electrons. The molecule has 36 heavy (non-hydrogen) atoms. The van der Waals surface area contributed by atoms with E-state index < -0.39 is 17.7 Å². The number of hydrogen-bond donors (Lipinski definition) is 7. The number of nitrogen functional groups attached to an aromatic ring is 1. The average molecular weight is 496 g/mol. The lowest BCUT2D eigenvalue weighted by Gasteiger charge is -2.19. The van der Waals surface area contributed by atoms with E-state index in [0.717, 1.165) is 28.6 Å². The predicted molar refractivity (Wildman–Crippen MR) is 136 cm³/mol. The van der Waals surface area contributed by atoms with Gasteiger partial charge in [-0.05, 0) is 61.2 Å². The van der Waals surface area contributed by atoms with Crippen molar-refractivity contribution in [1.29, 1.82) is 5.41 Å². The van der Waals surface area contributed by atoms with E-state index >= 15 is 0 Å². The highest BCUT2D eigenvalue weighted by Gasteiger charge is 2.22. The van der Waals surface area contributed by atoms with E-state index in [0.29, 0.717) is 17.3 Å². The Hall–Kier alpha value is -5.07. The lowest BCUT2D eigenvalue weighted by Crippen LogP contribution is -2.21. The highest BCUT2D eigenvalue weighted by Crippen LogP contribution is 2.27. The van der Waals surface area contributed by atoms with Crippen molar-refractivity contribution < 1.29 is 14.6 Å². The summed E-state index contributed by atoms with van der Waals surface area (Å²) in [6.45, 7) is 2.92. The van der Waals surface area contributed by atoms with Gasteiger partial charge in [0.2, 0.25) is 5.88 Å². The summed E-state index contributed by atoms with van der Waals surface area (Å²) in [4.78, 5) is 28.6. The van der Waals surface area contributed by atoms with Crippen LogP contribution < -0.4 is 32.9 Å². The topological polar surface area (TPSA) is 224 Å². The lowest BCUT2D eigenvalue weighted by atomic mass is 10.1. The molecule has 0 aliphatic heterocycles. The number of rotatable bonds is 8. The second-order valence-corrected chi connectivity index (χ2v) is 7.38. The summed E-state index contributed by atoms with van der Waals surface area (Å²) >= 11 is 0. The van der Waals surface area contributed by atoms with E-state index in [4.69, 9.17) is 37.2 Å². The van der Waals surface area contributed by atoms with E-state index in [2.05, 4.69) is 20.4 Å². The Balaban J connectivity index is 0.00000106. The van der Waals surface area contributed by atoms with Crippen molar-refractivity contribution in [3.63, 3.8) is 0 Å². The van der Waals surface area contributed by atoms with E-state index in [1.165, 1.54) is 25.5 Å². The number of pyridine rings is 1. The molecule has 1 atom stereocenters. The van der Waals surface area contributed by atoms with Gasteiger partial charge in [0.1, 0.15) is 17.7 Å². The van der Waals surface area contributed by atoms with Gasteiger partial charge in [-0.2, -0.15) is 4.68 Å². The third-order valence-electron chi connectivity index (χ3n) is 4.53. The molecule has 0 spiro atoms. The van der Waals surface area contributed by atoms with E-state index in [-0.39, 0.29) is 11.7 Å². The Morgan fingerprint density at radius 2 is 1.92 bits per heavy atom. The quantitative estimate of drug-likeness (QED) is 0.134. The Bertz CT molecular complexity index is 1320. The molecule has 2 heterocycles. The number of carboxylic acid groups (broad SMARTS) is 1. The second kappa shape index (κ2) is 12.4. The molecular weight excluding hydrogens is 466 g/mol. The molecule has 0 saturated carbocycles.